The molecule has 0 saturated carbocycles. The number of ether oxygens (including phenoxy) is 3. The minimum atomic E-state index is -4.76. The van der Waals surface area contributed by atoms with Gasteiger partial charge in [0.25, 0.3) is 0 Å². The predicted octanol–water partition coefficient (Wildman–Crippen LogP) is 15.9. The second-order valence-electron chi connectivity index (χ2n) is 18.0. The van der Waals surface area contributed by atoms with E-state index in [-0.39, 0.29) is 25.9 Å². The van der Waals surface area contributed by atoms with Crippen LogP contribution in [-0.4, -0.2) is 66.5 Å². The van der Waals surface area contributed by atoms with Crippen LogP contribution >= 0.6 is 7.82 Å². The van der Waals surface area contributed by atoms with Gasteiger partial charge in [0.2, 0.25) is 0 Å². The van der Waals surface area contributed by atoms with Crippen molar-refractivity contribution in [2.45, 2.75) is 238 Å². The fourth-order valence-corrected chi connectivity index (χ4v) is 7.88. The van der Waals surface area contributed by atoms with Gasteiger partial charge < -0.3 is 24.2 Å². The molecule has 0 fully saturated rings. The van der Waals surface area contributed by atoms with Crippen LogP contribution in [0.4, 0.5) is 0 Å². The van der Waals surface area contributed by atoms with Crippen LogP contribution in [0, 0.1) is 0 Å². The summed E-state index contributed by atoms with van der Waals surface area (Å²) in [6.07, 6.45) is 58.3. The molecule has 0 aliphatic heterocycles. The van der Waals surface area contributed by atoms with E-state index in [1.165, 1.54) is 12.8 Å². The maximum absolute atomic E-state index is 12.9. The Labute approximate surface area is 426 Å². The van der Waals surface area contributed by atoms with Gasteiger partial charge in [-0.15, -0.1) is 0 Å². The molecule has 0 spiro atoms. The summed E-state index contributed by atoms with van der Waals surface area (Å²) in [5, 5.41) is 9.79. The van der Waals surface area contributed by atoms with Crippen molar-refractivity contribution in [3.8, 4) is 0 Å². The summed E-state index contributed by atoms with van der Waals surface area (Å²) in [6.45, 7) is 4.35. The molecule has 0 aromatic carbocycles. The summed E-state index contributed by atoms with van der Waals surface area (Å²) in [4.78, 5) is 48.4. The van der Waals surface area contributed by atoms with Crippen molar-refractivity contribution in [1.29, 1.82) is 0 Å². The number of phosphoric ester groups is 1. The van der Waals surface area contributed by atoms with Crippen molar-refractivity contribution < 1.29 is 52.2 Å². The zero-order valence-corrected chi connectivity index (χ0v) is 45.1. The van der Waals surface area contributed by atoms with Crippen LogP contribution in [0.1, 0.15) is 226 Å². The predicted molar refractivity (Wildman–Crippen MR) is 288 cm³/mol. The molecule has 0 amide bonds. The largest absolute Gasteiger partial charge is 0.472 e. The molecule has 402 valence electrons. The van der Waals surface area contributed by atoms with Gasteiger partial charge in [-0.3, -0.25) is 23.4 Å². The summed E-state index contributed by atoms with van der Waals surface area (Å²) in [7, 11) is -4.76. The van der Waals surface area contributed by atoms with Gasteiger partial charge in [0.05, 0.1) is 19.8 Å². The molecular weight excluding hydrogens is 904 g/mol. The van der Waals surface area contributed by atoms with Crippen molar-refractivity contribution in [2.75, 3.05) is 26.4 Å². The molecule has 0 aromatic rings. The first-order valence-corrected chi connectivity index (χ1v) is 29.0. The van der Waals surface area contributed by atoms with E-state index in [9.17, 15) is 28.9 Å². The molecule has 0 heterocycles. The molecule has 2 N–H and O–H groups in total. The van der Waals surface area contributed by atoms with Gasteiger partial charge >= 0.3 is 25.7 Å². The lowest BCUT2D eigenvalue weighted by Crippen LogP contribution is -2.30. The third-order valence-corrected chi connectivity index (χ3v) is 12.2. The molecule has 0 aliphatic rings. The highest BCUT2D eigenvalue weighted by molar-refractivity contribution is 7.47. The molecule has 11 nitrogen and oxygen atoms in total. The van der Waals surface area contributed by atoms with Gasteiger partial charge in [-0.1, -0.05) is 189 Å². The first-order valence-electron chi connectivity index (χ1n) is 27.5. The smallest absolute Gasteiger partial charge is 0.462 e. The topological polar surface area (TPSA) is 155 Å². The Kier molecular flexibility index (Phi) is 49.5. The van der Waals surface area contributed by atoms with E-state index >= 15 is 0 Å². The monoisotopic (exact) mass is 1000 g/mol. The lowest BCUT2D eigenvalue weighted by atomic mass is 10.1. The zero-order valence-electron chi connectivity index (χ0n) is 44.2. The maximum Gasteiger partial charge on any atom is 0.472 e. The number of hydrogen-bond donors (Lipinski definition) is 2. The van der Waals surface area contributed by atoms with Crippen molar-refractivity contribution in [3.63, 3.8) is 0 Å². The fourth-order valence-electron chi connectivity index (χ4n) is 7.09. The number of aliphatic hydroxyl groups excluding tert-OH is 1. The Morgan fingerprint density at radius 1 is 0.414 bits per heavy atom. The number of unbranched alkanes of at least 4 members (excludes halogenated alkanes) is 19. The Morgan fingerprint density at radius 3 is 1.14 bits per heavy atom. The van der Waals surface area contributed by atoms with Gasteiger partial charge in [-0.05, 0) is 103 Å². The van der Waals surface area contributed by atoms with Crippen LogP contribution in [-0.2, 0) is 42.2 Å². The van der Waals surface area contributed by atoms with Gasteiger partial charge in [0, 0.05) is 19.3 Å². The van der Waals surface area contributed by atoms with Gasteiger partial charge in [-0.25, -0.2) is 4.57 Å². The zero-order chi connectivity index (χ0) is 51.3. The molecule has 0 aromatic heterocycles. The third-order valence-electron chi connectivity index (χ3n) is 11.2. The third kappa shape index (κ3) is 49.6. The van der Waals surface area contributed by atoms with Gasteiger partial charge in [-0.2, -0.15) is 0 Å². The number of rotatable bonds is 50. The highest BCUT2D eigenvalue weighted by Crippen LogP contribution is 2.43. The first kappa shape index (κ1) is 66.7. The van der Waals surface area contributed by atoms with Gasteiger partial charge in [0.15, 0.2) is 6.10 Å². The maximum atomic E-state index is 12.9. The van der Waals surface area contributed by atoms with Crippen molar-refractivity contribution in [2.24, 2.45) is 0 Å². The Morgan fingerprint density at radius 2 is 0.743 bits per heavy atom. The summed E-state index contributed by atoms with van der Waals surface area (Å²) < 4.78 is 39.4. The number of aliphatic hydroxyl groups is 1. The van der Waals surface area contributed by atoms with E-state index in [0.717, 1.165) is 154 Å². The molecule has 0 saturated heterocycles. The first-order chi connectivity index (χ1) is 34.2. The minimum absolute atomic E-state index is 0.149. The van der Waals surface area contributed by atoms with E-state index < -0.39 is 57.8 Å². The number of phosphoric acid groups is 1. The molecule has 3 unspecified atom stereocenters. The Bertz CT molecular complexity index is 1500. The number of carbonyl (C=O) groups excluding carboxylic acids is 3. The van der Waals surface area contributed by atoms with E-state index in [1.807, 2.05) is 0 Å². The fraction of sp³-hybridized carbons (Fsp3) is 0.707. The van der Waals surface area contributed by atoms with Crippen molar-refractivity contribution in [1.82, 2.24) is 0 Å². The average molecular weight is 1000 g/mol. The van der Waals surface area contributed by atoms with Crippen molar-refractivity contribution >= 4 is 25.7 Å². The quantitative estimate of drug-likeness (QED) is 0.0197. The van der Waals surface area contributed by atoms with Crippen molar-refractivity contribution in [3.05, 3.63) is 85.1 Å². The van der Waals surface area contributed by atoms with Gasteiger partial charge in [0.1, 0.15) is 12.7 Å². The molecule has 70 heavy (non-hydrogen) atoms. The lowest BCUT2D eigenvalue weighted by Gasteiger charge is -2.21. The number of allylic oxidation sites excluding steroid dienone is 14. The van der Waals surface area contributed by atoms with E-state index in [1.54, 1.807) is 0 Å². The van der Waals surface area contributed by atoms with E-state index in [4.69, 9.17) is 23.3 Å². The molecule has 0 radical (unpaired) electrons. The second-order valence-corrected chi connectivity index (χ2v) is 19.5. The van der Waals surface area contributed by atoms with Crippen LogP contribution < -0.4 is 0 Å². The minimum Gasteiger partial charge on any atom is -0.462 e. The second kappa shape index (κ2) is 52.0. The summed E-state index contributed by atoms with van der Waals surface area (Å²) in [6, 6.07) is 0. The molecule has 3 atom stereocenters. The summed E-state index contributed by atoms with van der Waals surface area (Å²) in [5.41, 5.74) is 0. The number of hydrogen-bond acceptors (Lipinski definition) is 10. The van der Waals surface area contributed by atoms with Crippen LogP contribution in [0.5, 0.6) is 0 Å². The lowest BCUT2D eigenvalue weighted by molar-refractivity contribution is -0.161. The Balaban J connectivity index is 4.78. The highest BCUT2D eigenvalue weighted by Gasteiger charge is 2.28. The standard InChI is InChI=1S/C58H99O11P/c1-4-7-10-13-16-19-22-25-26-27-28-31-34-37-40-43-46-49-58(62)69-55(51-65-56(60)47-44-41-38-35-32-29-23-20-17-14-11-8-5-2)53-67-70(63,64)66-52-54(50-59)68-57(61)48-45-42-39-36-33-30-24-21-18-15-12-9-6-3/h7,10-12,14-16,19-21,23-26,54-55,59H,4-6,8-9,13,17-18,22,27-53H2,1-3H3,(H,63,64)/b10-7-,14-11-,15-12-,19-16-,23-20-,24-21-,26-25-. The highest BCUT2D eigenvalue weighted by atomic mass is 31.2. The van der Waals surface area contributed by atoms with E-state index in [2.05, 4.69) is 106 Å². The Hall–Kier alpha value is -3.34. The summed E-state index contributed by atoms with van der Waals surface area (Å²) in [5.74, 6) is -1.51. The normalized spacial score (nSPS) is 14.1. The molecule has 0 rings (SSSR count). The van der Waals surface area contributed by atoms with Crippen LogP contribution in [0.25, 0.3) is 0 Å². The SMILES string of the molecule is CC/C=C\C/C=C\C/C=C\CCCCCCCCCC(=O)OC(COC(=O)CCCCCCC/C=C\C/C=C\CCC)COP(=O)(O)OCC(CO)OC(=O)CCCCCCC/C=C\C/C=C\CCC. The average Bonchev–Trinajstić information content (AvgIpc) is 3.35. The van der Waals surface area contributed by atoms with Crippen LogP contribution in [0.2, 0.25) is 0 Å². The molecule has 0 bridgehead atoms. The molecular formula is C58H99O11P. The molecule has 12 heteroatoms. The number of esters is 3. The van der Waals surface area contributed by atoms with Crippen LogP contribution in [0.15, 0.2) is 85.1 Å². The molecule has 0 aliphatic carbocycles. The van der Waals surface area contributed by atoms with E-state index in [0.29, 0.717) is 19.3 Å². The number of carbonyl (C=O) groups is 3. The summed E-state index contributed by atoms with van der Waals surface area (Å²) >= 11 is 0. The van der Waals surface area contributed by atoms with Crippen LogP contribution in [0.3, 0.4) is 0 Å².